The minimum Gasteiger partial charge on any atom is -0.388 e. The fraction of sp³-hybridized carbons (Fsp3) is 0.364. The van der Waals surface area contributed by atoms with Gasteiger partial charge in [-0.3, -0.25) is 4.98 Å². The van der Waals surface area contributed by atoms with Gasteiger partial charge >= 0.3 is 0 Å². The first-order valence-corrected chi connectivity index (χ1v) is 4.46. The number of nitrogens with zero attached hydrogens (tertiary/aromatic N) is 1. The molecular formula is C11H15NO. The smallest absolute Gasteiger partial charge is 0.0810 e. The molecule has 2 nitrogen and oxygen atoms in total. The summed E-state index contributed by atoms with van der Waals surface area (Å²) in [5, 5.41) is 9.74. The quantitative estimate of drug-likeness (QED) is 0.716. The molecule has 2 heteroatoms. The fourth-order valence-electron chi connectivity index (χ4n) is 1.28. The molecule has 1 aromatic rings. The molecule has 70 valence electrons. The van der Waals surface area contributed by atoms with Crippen LogP contribution in [0.4, 0.5) is 0 Å². The van der Waals surface area contributed by atoms with Gasteiger partial charge in [-0.2, -0.15) is 0 Å². The van der Waals surface area contributed by atoms with Crippen molar-refractivity contribution in [2.45, 2.75) is 25.9 Å². The van der Waals surface area contributed by atoms with Crippen LogP contribution in [0.2, 0.25) is 0 Å². The Morgan fingerprint density at radius 1 is 1.69 bits per heavy atom. The van der Waals surface area contributed by atoms with Gasteiger partial charge in [0.05, 0.1) is 6.10 Å². The van der Waals surface area contributed by atoms with Gasteiger partial charge in [0.15, 0.2) is 0 Å². The third-order valence-electron chi connectivity index (χ3n) is 2.05. The molecule has 1 atom stereocenters. The molecule has 0 aliphatic carbocycles. The highest BCUT2D eigenvalue weighted by Gasteiger charge is 2.08. The first-order valence-electron chi connectivity index (χ1n) is 4.46. The van der Waals surface area contributed by atoms with Gasteiger partial charge in [-0.1, -0.05) is 12.1 Å². The summed E-state index contributed by atoms with van der Waals surface area (Å²) in [7, 11) is 0. The van der Waals surface area contributed by atoms with Crippen molar-refractivity contribution in [3.05, 3.63) is 42.2 Å². The van der Waals surface area contributed by atoms with E-state index in [1.165, 1.54) is 0 Å². The van der Waals surface area contributed by atoms with E-state index in [0.29, 0.717) is 0 Å². The number of hydrogen-bond acceptors (Lipinski definition) is 2. The molecule has 0 aromatic carbocycles. The Bertz CT molecular complexity index is 283. The van der Waals surface area contributed by atoms with E-state index in [0.717, 1.165) is 24.1 Å². The number of rotatable bonds is 4. The summed E-state index contributed by atoms with van der Waals surface area (Å²) in [5.41, 5.74) is 1.82. The van der Waals surface area contributed by atoms with Crippen molar-refractivity contribution >= 4 is 0 Å². The number of aromatic nitrogens is 1. The molecule has 1 N–H and O–H groups in total. The minimum atomic E-state index is -0.410. The van der Waals surface area contributed by atoms with E-state index in [4.69, 9.17) is 0 Å². The molecule has 0 saturated heterocycles. The first-order chi connectivity index (χ1) is 6.25. The predicted molar refractivity (Wildman–Crippen MR) is 53.4 cm³/mol. The zero-order valence-corrected chi connectivity index (χ0v) is 7.90. The number of aliphatic hydroxyl groups excluding tert-OH is 1. The highest BCUT2D eigenvalue weighted by atomic mass is 16.3. The maximum absolute atomic E-state index is 9.74. The Balaban J connectivity index is 2.70. The third-order valence-corrected chi connectivity index (χ3v) is 2.05. The Morgan fingerprint density at radius 3 is 3.08 bits per heavy atom. The molecule has 13 heavy (non-hydrogen) atoms. The highest BCUT2D eigenvalue weighted by molar-refractivity contribution is 5.20. The lowest BCUT2D eigenvalue weighted by atomic mass is 10.0. The summed E-state index contributed by atoms with van der Waals surface area (Å²) in [5.74, 6) is 0. The Morgan fingerprint density at radius 2 is 2.46 bits per heavy atom. The molecule has 0 spiro atoms. The highest BCUT2D eigenvalue weighted by Crippen LogP contribution is 2.19. The van der Waals surface area contributed by atoms with Crippen LogP contribution in [-0.2, 0) is 0 Å². The number of aryl methyl sites for hydroxylation is 1. The number of allylic oxidation sites excluding steroid dienone is 1. The zero-order valence-electron chi connectivity index (χ0n) is 7.90. The average Bonchev–Trinajstić information content (AvgIpc) is 2.15. The second-order valence-electron chi connectivity index (χ2n) is 3.06. The van der Waals surface area contributed by atoms with E-state index < -0.39 is 6.10 Å². The van der Waals surface area contributed by atoms with Crippen molar-refractivity contribution in [3.63, 3.8) is 0 Å². The Kier molecular flexibility index (Phi) is 3.65. The van der Waals surface area contributed by atoms with Gasteiger partial charge in [0, 0.05) is 17.5 Å². The van der Waals surface area contributed by atoms with E-state index in [1.54, 1.807) is 6.20 Å². The number of hydrogen-bond donors (Lipinski definition) is 1. The van der Waals surface area contributed by atoms with Crippen molar-refractivity contribution < 1.29 is 5.11 Å². The van der Waals surface area contributed by atoms with Crippen LogP contribution in [0.25, 0.3) is 0 Å². The van der Waals surface area contributed by atoms with Gasteiger partial charge in [0.25, 0.3) is 0 Å². The SMILES string of the molecule is C=CCCC(O)c1cccnc1C. The van der Waals surface area contributed by atoms with Crippen LogP contribution < -0.4 is 0 Å². The molecule has 0 bridgehead atoms. The Labute approximate surface area is 78.9 Å². The van der Waals surface area contributed by atoms with Crippen LogP contribution in [-0.4, -0.2) is 10.1 Å². The molecule has 0 amide bonds. The average molecular weight is 177 g/mol. The van der Waals surface area contributed by atoms with Gasteiger partial charge in [0.2, 0.25) is 0 Å². The van der Waals surface area contributed by atoms with E-state index in [2.05, 4.69) is 11.6 Å². The molecule has 0 fully saturated rings. The molecule has 1 heterocycles. The number of pyridine rings is 1. The van der Waals surface area contributed by atoms with Gasteiger partial charge in [-0.05, 0) is 25.8 Å². The van der Waals surface area contributed by atoms with Gasteiger partial charge in [0.1, 0.15) is 0 Å². The predicted octanol–water partition coefficient (Wildman–Crippen LogP) is 2.39. The number of aliphatic hydroxyl groups is 1. The van der Waals surface area contributed by atoms with Crippen LogP contribution in [0.15, 0.2) is 31.0 Å². The van der Waals surface area contributed by atoms with Crippen LogP contribution in [0.1, 0.15) is 30.2 Å². The summed E-state index contributed by atoms with van der Waals surface area (Å²) in [6.07, 6.45) is 4.69. The topological polar surface area (TPSA) is 33.1 Å². The van der Waals surface area contributed by atoms with Crippen LogP contribution in [0.5, 0.6) is 0 Å². The fourth-order valence-corrected chi connectivity index (χ4v) is 1.28. The summed E-state index contributed by atoms with van der Waals surface area (Å²) in [6.45, 7) is 5.53. The van der Waals surface area contributed by atoms with Crippen LogP contribution in [0.3, 0.4) is 0 Å². The third kappa shape index (κ3) is 2.67. The molecular weight excluding hydrogens is 162 g/mol. The van der Waals surface area contributed by atoms with Crippen LogP contribution in [0, 0.1) is 6.92 Å². The largest absolute Gasteiger partial charge is 0.388 e. The van der Waals surface area contributed by atoms with E-state index >= 15 is 0 Å². The molecule has 0 aliphatic heterocycles. The second-order valence-corrected chi connectivity index (χ2v) is 3.06. The monoisotopic (exact) mass is 177 g/mol. The molecule has 1 unspecified atom stereocenters. The van der Waals surface area contributed by atoms with Gasteiger partial charge in [-0.25, -0.2) is 0 Å². The van der Waals surface area contributed by atoms with Gasteiger partial charge in [-0.15, -0.1) is 6.58 Å². The molecule has 0 radical (unpaired) electrons. The maximum Gasteiger partial charge on any atom is 0.0810 e. The summed E-state index contributed by atoms with van der Waals surface area (Å²) in [6, 6.07) is 3.76. The van der Waals surface area contributed by atoms with Crippen molar-refractivity contribution in [2.75, 3.05) is 0 Å². The van der Waals surface area contributed by atoms with Crippen molar-refractivity contribution in [1.82, 2.24) is 4.98 Å². The summed E-state index contributed by atoms with van der Waals surface area (Å²) in [4.78, 5) is 4.12. The van der Waals surface area contributed by atoms with Gasteiger partial charge < -0.3 is 5.11 Å². The van der Waals surface area contributed by atoms with E-state index in [9.17, 15) is 5.11 Å². The maximum atomic E-state index is 9.74. The molecule has 1 aromatic heterocycles. The molecule has 0 aliphatic rings. The minimum absolute atomic E-state index is 0.410. The first kappa shape index (κ1) is 9.93. The van der Waals surface area contributed by atoms with Crippen molar-refractivity contribution in [1.29, 1.82) is 0 Å². The molecule has 0 saturated carbocycles. The normalized spacial score (nSPS) is 12.5. The van der Waals surface area contributed by atoms with E-state index in [-0.39, 0.29) is 0 Å². The lowest BCUT2D eigenvalue weighted by Gasteiger charge is -2.11. The van der Waals surface area contributed by atoms with E-state index in [1.807, 2.05) is 25.1 Å². The zero-order chi connectivity index (χ0) is 9.68. The lowest BCUT2D eigenvalue weighted by molar-refractivity contribution is 0.167. The molecule has 1 rings (SSSR count). The van der Waals surface area contributed by atoms with Crippen molar-refractivity contribution in [2.24, 2.45) is 0 Å². The van der Waals surface area contributed by atoms with Crippen molar-refractivity contribution in [3.8, 4) is 0 Å². The summed E-state index contributed by atoms with van der Waals surface area (Å²) < 4.78 is 0. The van der Waals surface area contributed by atoms with Crippen LogP contribution >= 0.6 is 0 Å². The standard InChI is InChI=1S/C11H15NO/c1-3-4-7-11(13)10-6-5-8-12-9(10)2/h3,5-6,8,11,13H,1,4,7H2,2H3. The lowest BCUT2D eigenvalue weighted by Crippen LogP contribution is -2.00. The summed E-state index contributed by atoms with van der Waals surface area (Å²) >= 11 is 0. The second kappa shape index (κ2) is 4.77. The Hall–Kier alpha value is -1.15.